The van der Waals surface area contributed by atoms with Crippen molar-refractivity contribution < 1.29 is 4.79 Å². The number of rotatable bonds is 3. The van der Waals surface area contributed by atoms with E-state index in [1.54, 1.807) is 0 Å². The molecule has 1 aromatic rings. The van der Waals surface area contributed by atoms with E-state index < -0.39 is 0 Å². The van der Waals surface area contributed by atoms with E-state index in [1.807, 2.05) is 18.2 Å². The molecule has 110 valence electrons. The number of para-hydroxylation sites is 1. The lowest BCUT2D eigenvalue weighted by Gasteiger charge is -2.27. The molecule has 1 aliphatic rings. The second-order valence-electron chi connectivity index (χ2n) is 6.68. The van der Waals surface area contributed by atoms with Gasteiger partial charge in [0.15, 0.2) is 0 Å². The van der Waals surface area contributed by atoms with Crippen LogP contribution in [0.2, 0.25) is 0 Å². The molecule has 3 nitrogen and oxygen atoms in total. The molecular formula is C17H26N2O. The van der Waals surface area contributed by atoms with E-state index in [0.29, 0.717) is 6.54 Å². The number of likely N-dealkylation sites (tertiary alicyclic amines) is 1. The summed E-state index contributed by atoms with van der Waals surface area (Å²) in [4.78, 5) is 14.5. The third-order valence-electron chi connectivity index (χ3n) is 3.83. The van der Waals surface area contributed by atoms with Crippen molar-refractivity contribution in [2.24, 2.45) is 0 Å². The van der Waals surface area contributed by atoms with E-state index in [9.17, 15) is 4.79 Å². The van der Waals surface area contributed by atoms with Crippen molar-refractivity contribution in [1.82, 2.24) is 4.90 Å². The van der Waals surface area contributed by atoms with Crippen molar-refractivity contribution in [1.29, 1.82) is 0 Å². The van der Waals surface area contributed by atoms with Gasteiger partial charge >= 0.3 is 0 Å². The van der Waals surface area contributed by atoms with Gasteiger partial charge in [-0.3, -0.25) is 9.69 Å². The summed E-state index contributed by atoms with van der Waals surface area (Å²) in [5.74, 6) is 0.101. The SMILES string of the molecule is CC(C)(C)c1ccccc1NC(=O)CN1CCCCC1. The number of carbonyl (C=O) groups is 1. The molecule has 0 aromatic heterocycles. The molecule has 1 aromatic carbocycles. The molecular weight excluding hydrogens is 248 g/mol. The first-order valence-electron chi connectivity index (χ1n) is 7.58. The first-order chi connectivity index (χ1) is 9.47. The Morgan fingerprint density at radius 2 is 1.80 bits per heavy atom. The second-order valence-corrected chi connectivity index (χ2v) is 6.68. The zero-order chi connectivity index (χ0) is 14.6. The van der Waals surface area contributed by atoms with Crippen molar-refractivity contribution >= 4 is 11.6 Å². The molecule has 0 spiro atoms. The van der Waals surface area contributed by atoms with E-state index in [0.717, 1.165) is 18.8 Å². The van der Waals surface area contributed by atoms with Crippen LogP contribution < -0.4 is 5.32 Å². The molecule has 0 radical (unpaired) electrons. The number of amides is 1. The maximum atomic E-state index is 12.2. The molecule has 1 aliphatic heterocycles. The van der Waals surface area contributed by atoms with Crippen LogP contribution in [0.15, 0.2) is 24.3 Å². The van der Waals surface area contributed by atoms with Crippen molar-refractivity contribution in [2.75, 3.05) is 25.0 Å². The van der Waals surface area contributed by atoms with E-state index >= 15 is 0 Å². The molecule has 3 heteroatoms. The fourth-order valence-corrected chi connectivity index (χ4v) is 2.76. The highest BCUT2D eigenvalue weighted by atomic mass is 16.2. The van der Waals surface area contributed by atoms with Gasteiger partial charge in [-0.05, 0) is 43.0 Å². The Kier molecular flexibility index (Phi) is 4.81. The van der Waals surface area contributed by atoms with Gasteiger partial charge in [0.2, 0.25) is 5.91 Å². The average Bonchev–Trinajstić information content (AvgIpc) is 2.39. The summed E-state index contributed by atoms with van der Waals surface area (Å²) in [7, 11) is 0. The Morgan fingerprint density at radius 3 is 2.45 bits per heavy atom. The number of carbonyl (C=O) groups excluding carboxylic acids is 1. The lowest BCUT2D eigenvalue weighted by atomic mass is 9.86. The van der Waals surface area contributed by atoms with Crippen LogP contribution in [-0.4, -0.2) is 30.4 Å². The smallest absolute Gasteiger partial charge is 0.238 e. The predicted molar refractivity (Wildman–Crippen MR) is 84.1 cm³/mol. The number of hydrogen-bond acceptors (Lipinski definition) is 2. The van der Waals surface area contributed by atoms with Crippen molar-refractivity contribution in [3.63, 3.8) is 0 Å². The summed E-state index contributed by atoms with van der Waals surface area (Å²) in [6, 6.07) is 8.10. The van der Waals surface area contributed by atoms with Gasteiger partial charge in [-0.1, -0.05) is 45.4 Å². The Morgan fingerprint density at radius 1 is 1.15 bits per heavy atom. The molecule has 20 heavy (non-hydrogen) atoms. The van der Waals surface area contributed by atoms with Crippen molar-refractivity contribution in [3.05, 3.63) is 29.8 Å². The highest BCUT2D eigenvalue weighted by Gasteiger charge is 2.19. The zero-order valence-corrected chi connectivity index (χ0v) is 12.9. The molecule has 2 rings (SSSR count). The predicted octanol–water partition coefficient (Wildman–Crippen LogP) is 3.41. The molecule has 0 aliphatic carbocycles. The van der Waals surface area contributed by atoms with E-state index in [1.165, 1.54) is 24.8 Å². The quantitative estimate of drug-likeness (QED) is 0.916. The van der Waals surface area contributed by atoms with Crippen LogP contribution in [0.1, 0.15) is 45.6 Å². The van der Waals surface area contributed by atoms with Gasteiger partial charge in [0.05, 0.1) is 6.54 Å². The number of benzene rings is 1. The van der Waals surface area contributed by atoms with Gasteiger partial charge in [0.25, 0.3) is 0 Å². The fourth-order valence-electron chi connectivity index (χ4n) is 2.76. The van der Waals surface area contributed by atoms with E-state index in [4.69, 9.17) is 0 Å². The third kappa shape index (κ3) is 4.07. The van der Waals surface area contributed by atoms with E-state index in [-0.39, 0.29) is 11.3 Å². The highest BCUT2D eigenvalue weighted by Crippen LogP contribution is 2.29. The van der Waals surface area contributed by atoms with Crippen LogP contribution in [0.25, 0.3) is 0 Å². The average molecular weight is 274 g/mol. The molecule has 0 unspecified atom stereocenters. The normalized spacial score (nSPS) is 16.9. The minimum Gasteiger partial charge on any atom is -0.325 e. The molecule has 0 bridgehead atoms. The number of piperidine rings is 1. The molecule has 1 fully saturated rings. The summed E-state index contributed by atoms with van der Waals surface area (Å²) in [5, 5.41) is 3.08. The Hall–Kier alpha value is -1.35. The lowest BCUT2D eigenvalue weighted by Crippen LogP contribution is -2.37. The number of anilines is 1. The Balaban J connectivity index is 2.00. The van der Waals surface area contributed by atoms with Gasteiger partial charge in [-0.2, -0.15) is 0 Å². The third-order valence-corrected chi connectivity index (χ3v) is 3.83. The van der Waals surface area contributed by atoms with Crippen LogP contribution >= 0.6 is 0 Å². The van der Waals surface area contributed by atoms with Gasteiger partial charge < -0.3 is 5.32 Å². The summed E-state index contributed by atoms with van der Waals surface area (Å²) < 4.78 is 0. The van der Waals surface area contributed by atoms with Crippen LogP contribution in [0.4, 0.5) is 5.69 Å². The van der Waals surface area contributed by atoms with Crippen LogP contribution in [0.5, 0.6) is 0 Å². The Bertz CT molecular complexity index is 456. The van der Waals surface area contributed by atoms with Gasteiger partial charge in [0.1, 0.15) is 0 Å². The topological polar surface area (TPSA) is 32.3 Å². The highest BCUT2D eigenvalue weighted by molar-refractivity contribution is 5.93. The minimum atomic E-state index is 0.0367. The standard InChI is InChI=1S/C17H26N2O/c1-17(2,3)14-9-5-6-10-15(14)18-16(20)13-19-11-7-4-8-12-19/h5-6,9-10H,4,7-8,11-13H2,1-3H3,(H,18,20). The summed E-state index contributed by atoms with van der Waals surface area (Å²) in [5.41, 5.74) is 2.17. The minimum absolute atomic E-state index is 0.0367. The lowest BCUT2D eigenvalue weighted by molar-refractivity contribution is -0.117. The molecule has 1 amide bonds. The van der Waals surface area contributed by atoms with Crippen LogP contribution in [-0.2, 0) is 10.2 Å². The molecule has 0 atom stereocenters. The maximum absolute atomic E-state index is 12.2. The maximum Gasteiger partial charge on any atom is 0.238 e. The van der Waals surface area contributed by atoms with Gasteiger partial charge in [-0.25, -0.2) is 0 Å². The van der Waals surface area contributed by atoms with Gasteiger partial charge in [-0.15, -0.1) is 0 Å². The molecule has 0 saturated carbocycles. The monoisotopic (exact) mass is 274 g/mol. The molecule has 1 N–H and O–H groups in total. The largest absolute Gasteiger partial charge is 0.325 e. The number of nitrogens with zero attached hydrogens (tertiary/aromatic N) is 1. The van der Waals surface area contributed by atoms with Crippen molar-refractivity contribution in [2.45, 2.75) is 45.4 Å². The first-order valence-corrected chi connectivity index (χ1v) is 7.58. The Labute approximate surface area is 122 Å². The zero-order valence-electron chi connectivity index (χ0n) is 12.9. The van der Waals surface area contributed by atoms with Crippen molar-refractivity contribution in [3.8, 4) is 0 Å². The fraction of sp³-hybridized carbons (Fsp3) is 0.588. The summed E-state index contributed by atoms with van der Waals surface area (Å²) in [6.45, 7) is 9.12. The van der Waals surface area contributed by atoms with Crippen LogP contribution in [0.3, 0.4) is 0 Å². The van der Waals surface area contributed by atoms with Crippen LogP contribution in [0, 0.1) is 0 Å². The van der Waals surface area contributed by atoms with E-state index in [2.05, 4.69) is 37.1 Å². The summed E-state index contributed by atoms with van der Waals surface area (Å²) >= 11 is 0. The second kappa shape index (κ2) is 6.40. The number of hydrogen-bond donors (Lipinski definition) is 1. The molecule has 1 saturated heterocycles. The summed E-state index contributed by atoms with van der Waals surface area (Å²) in [6.07, 6.45) is 3.72. The molecule has 1 heterocycles. The van der Waals surface area contributed by atoms with Gasteiger partial charge in [0, 0.05) is 5.69 Å². The first kappa shape index (κ1) is 15.0. The number of nitrogens with one attached hydrogen (secondary N) is 1.